The molecular formula is C10H18N2O2. The molecule has 0 spiro atoms. The topological polar surface area (TPSA) is 47.3 Å². The third kappa shape index (κ3) is 1.75. The summed E-state index contributed by atoms with van der Waals surface area (Å²) in [4.78, 5) is 0. The lowest BCUT2D eigenvalue weighted by molar-refractivity contribution is 0.255. The maximum absolute atomic E-state index is 9.18. The van der Waals surface area contributed by atoms with Crippen LogP contribution in [-0.2, 0) is 12.1 Å². The maximum Gasteiger partial charge on any atom is 0.217 e. The molecule has 0 radical (unpaired) electrons. The highest BCUT2D eigenvalue weighted by Crippen LogP contribution is 2.27. The molecule has 1 aromatic heterocycles. The van der Waals surface area contributed by atoms with E-state index in [-0.39, 0.29) is 12.1 Å². The van der Waals surface area contributed by atoms with Crippen LogP contribution < -0.4 is 4.74 Å². The Labute approximate surface area is 84.5 Å². The number of hydrogen-bond donors (Lipinski definition) is 1. The summed E-state index contributed by atoms with van der Waals surface area (Å²) in [5, 5.41) is 13.5. The summed E-state index contributed by atoms with van der Waals surface area (Å²) in [6.45, 7) is 7.97. The van der Waals surface area contributed by atoms with Gasteiger partial charge in [0.2, 0.25) is 5.88 Å². The molecule has 80 valence electrons. The zero-order valence-corrected chi connectivity index (χ0v) is 9.46. The molecule has 0 saturated heterocycles. The van der Waals surface area contributed by atoms with Crippen molar-refractivity contribution in [2.75, 3.05) is 7.11 Å². The number of hydrogen-bond acceptors (Lipinski definition) is 3. The third-order valence-corrected chi connectivity index (χ3v) is 2.12. The van der Waals surface area contributed by atoms with Crippen LogP contribution in [0.15, 0.2) is 0 Å². The molecule has 0 saturated carbocycles. The lowest BCUT2D eigenvalue weighted by Crippen LogP contribution is -2.24. The summed E-state index contributed by atoms with van der Waals surface area (Å²) in [6, 6.07) is 0. The molecule has 0 bridgehead atoms. The zero-order chi connectivity index (χ0) is 10.9. The second-order valence-electron chi connectivity index (χ2n) is 4.31. The van der Waals surface area contributed by atoms with Gasteiger partial charge in [0.05, 0.1) is 30.5 Å². The number of nitrogens with zero attached hydrogens (tertiary/aromatic N) is 2. The van der Waals surface area contributed by atoms with Crippen LogP contribution in [0.25, 0.3) is 0 Å². The summed E-state index contributed by atoms with van der Waals surface area (Å²) in [5.41, 5.74) is 1.45. The van der Waals surface area contributed by atoms with E-state index in [4.69, 9.17) is 4.74 Å². The molecule has 0 fully saturated rings. The van der Waals surface area contributed by atoms with Crippen LogP contribution in [-0.4, -0.2) is 22.0 Å². The number of aliphatic hydroxyl groups is 1. The second-order valence-corrected chi connectivity index (χ2v) is 4.31. The smallest absolute Gasteiger partial charge is 0.217 e. The van der Waals surface area contributed by atoms with E-state index in [0.717, 1.165) is 11.3 Å². The molecule has 4 heteroatoms. The molecular weight excluding hydrogens is 180 g/mol. The molecule has 0 aromatic carbocycles. The van der Waals surface area contributed by atoms with Crippen molar-refractivity contribution in [3.05, 3.63) is 11.3 Å². The normalized spacial score (nSPS) is 11.9. The standard InChI is InChI=1S/C10H18N2O2/c1-7-8(6-13)9(14-5)12(11-7)10(2,3)4/h13H,6H2,1-5H3. The molecule has 0 amide bonds. The van der Waals surface area contributed by atoms with Gasteiger partial charge < -0.3 is 9.84 Å². The van der Waals surface area contributed by atoms with Gasteiger partial charge >= 0.3 is 0 Å². The van der Waals surface area contributed by atoms with Gasteiger partial charge in [-0.05, 0) is 27.7 Å². The van der Waals surface area contributed by atoms with Gasteiger partial charge in [0.15, 0.2) is 0 Å². The fraction of sp³-hybridized carbons (Fsp3) is 0.700. The summed E-state index contributed by atoms with van der Waals surface area (Å²) >= 11 is 0. The average Bonchev–Trinajstić information content (AvgIpc) is 2.40. The van der Waals surface area contributed by atoms with Crippen molar-refractivity contribution in [2.24, 2.45) is 0 Å². The molecule has 1 aromatic rings. The number of rotatable bonds is 2. The predicted octanol–water partition coefficient (Wildman–Crippen LogP) is 1.45. The van der Waals surface area contributed by atoms with Crippen molar-refractivity contribution in [3.63, 3.8) is 0 Å². The van der Waals surface area contributed by atoms with Gasteiger partial charge in [-0.25, -0.2) is 4.68 Å². The summed E-state index contributed by atoms with van der Waals surface area (Å²) in [7, 11) is 1.60. The first kappa shape index (κ1) is 11.0. The quantitative estimate of drug-likeness (QED) is 0.782. The van der Waals surface area contributed by atoms with Crippen molar-refractivity contribution < 1.29 is 9.84 Å². The summed E-state index contributed by atoms with van der Waals surface area (Å²) in [5.74, 6) is 0.650. The van der Waals surface area contributed by atoms with E-state index in [9.17, 15) is 5.11 Å². The van der Waals surface area contributed by atoms with Gasteiger partial charge in [-0.1, -0.05) is 0 Å². The molecule has 14 heavy (non-hydrogen) atoms. The van der Waals surface area contributed by atoms with Crippen LogP contribution in [0.2, 0.25) is 0 Å². The van der Waals surface area contributed by atoms with Crippen molar-refractivity contribution in [2.45, 2.75) is 39.8 Å². The number of aliphatic hydroxyl groups excluding tert-OH is 1. The summed E-state index contributed by atoms with van der Waals surface area (Å²) in [6.07, 6.45) is 0. The molecule has 1 rings (SSSR count). The Hall–Kier alpha value is -1.03. The van der Waals surface area contributed by atoms with Crippen molar-refractivity contribution >= 4 is 0 Å². The minimum Gasteiger partial charge on any atom is -0.481 e. The largest absolute Gasteiger partial charge is 0.481 e. The molecule has 0 aliphatic heterocycles. The van der Waals surface area contributed by atoms with Gasteiger partial charge in [-0.2, -0.15) is 5.10 Å². The fourth-order valence-electron chi connectivity index (χ4n) is 1.38. The Morgan fingerprint density at radius 1 is 1.43 bits per heavy atom. The van der Waals surface area contributed by atoms with Crippen molar-refractivity contribution in [3.8, 4) is 5.88 Å². The van der Waals surface area contributed by atoms with E-state index in [0.29, 0.717) is 5.88 Å². The van der Waals surface area contributed by atoms with E-state index in [2.05, 4.69) is 5.10 Å². The third-order valence-electron chi connectivity index (χ3n) is 2.12. The fourth-order valence-corrected chi connectivity index (χ4v) is 1.38. The van der Waals surface area contributed by atoms with E-state index in [1.165, 1.54) is 0 Å². The Kier molecular flexibility index (Phi) is 2.85. The highest BCUT2D eigenvalue weighted by Gasteiger charge is 2.23. The first-order valence-electron chi connectivity index (χ1n) is 4.65. The zero-order valence-electron chi connectivity index (χ0n) is 9.46. The number of aryl methyl sites for hydroxylation is 1. The van der Waals surface area contributed by atoms with Gasteiger partial charge in [0, 0.05) is 0 Å². The highest BCUT2D eigenvalue weighted by atomic mass is 16.5. The van der Waals surface area contributed by atoms with Gasteiger partial charge in [0.25, 0.3) is 0 Å². The number of aromatic nitrogens is 2. The lowest BCUT2D eigenvalue weighted by Gasteiger charge is -2.21. The van der Waals surface area contributed by atoms with Crippen LogP contribution in [0.3, 0.4) is 0 Å². The first-order chi connectivity index (χ1) is 6.41. The highest BCUT2D eigenvalue weighted by molar-refractivity contribution is 5.31. The predicted molar refractivity (Wildman–Crippen MR) is 54.4 cm³/mol. The van der Waals surface area contributed by atoms with E-state index < -0.39 is 0 Å². The van der Waals surface area contributed by atoms with E-state index >= 15 is 0 Å². The molecule has 1 N–H and O–H groups in total. The first-order valence-corrected chi connectivity index (χ1v) is 4.65. The van der Waals surface area contributed by atoms with Crippen LogP contribution >= 0.6 is 0 Å². The Bertz CT molecular complexity index is 324. The molecule has 1 heterocycles. The number of methoxy groups -OCH3 is 1. The Morgan fingerprint density at radius 3 is 2.36 bits per heavy atom. The van der Waals surface area contributed by atoms with Gasteiger partial charge in [-0.15, -0.1) is 0 Å². The maximum atomic E-state index is 9.18. The Balaban J connectivity index is 3.31. The Morgan fingerprint density at radius 2 is 2.00 bits per heavy atom. The van der Waals surface area contributed by atoms with Crippen LogP contribution in [0.5, 0.6) is 5.88 Å². The summed E-state index contributed by atoms with van der Waals surface area (Å²) < 4.78 is 7.05. The lowest BCUT2D eigenvalue weighted by atomic mass is 10.1. The monoisotopic (exact) mass is 198 g/mol. The molecule has 4 nitrogen and oxygen atoms in total. The SMILES string of the molecule is COc1c(CO)c(C)nn1C(C)(C)C. The van der Waals surface area contributed by atoms with Crippen LogP contribution in [0.4, 0.5) is 0 Å². The number of ether oxygens (including phenoxy) is 1. The molecule has 0 unspecified atom stereocenters. The van der Waals surface area contributed by atoms with Crippen molar-refractivity contribution in [1.29, 1.82) is 0 Å². The van der Waals surface area contributed by atoms with Crippen LogP contribution in [0, 0.1) is 6.92 Å². The average molecular weight is 198 g/mol. The van der Waals surface area contributed by atoms with Gasteiger partial charge in [-0.3, -0.25) is 0 Å². The minimum absolute atomic E-state index is 0.0366. The van der Waals surface area contributed by atoms with Crippen LogP contribution in [0.1, 0.15) is 32.0 Å². The molecule has 0 atom stereocenters. The van der Waals surface area contributed by atoms with E-state index in [1.807, 2.05) is 27.7 Å². The molecule has 0 aliphatic rings. The second kappa shape index (κ2) is 3.61. The minimum atomic E-state index is -0.135. The van der Waals surface area contributed by atoms with Gasteiger partial charge in [0.1, 0.15) is 0 Å². The van der Waals surface area contributed by atoms with Crippen molar-refractivity contribution in [1.82, 2.24) is 9.78 Å². The van der Waals surface area contributed by atoms with E-state index in [1.54, 1.807) is 11.8 Å². The molecule has 0 aliphatic carbocycles.